The van der Waals surface area contributed by atoms with E-state index >= 15 is 0 Å². The zero-order chi connectivity index (χ0) is 15.6. The van der Waals surface area contributed by atoms with Crippen molar-refractivity contribution in [3.05, 3.63) is 29.8 Å². The van der Waals surface area contributed by atoms with E-state index in [4.69, 9.17) is 4.74 Å². The van der Waals surface area contributed by atoms with E-state index in [-0.39, 0.29) is 24.5 Å². The number of rotatable bonds is 2. The summed E-state index contributed by atoms with van der Waals surface area (Å²) in [4.78, 5) is 23.7. The minimum Gasteiger partial charge on any atom is -0.463 e. The van der Waals surface area contributed by atoms with E-state index in [2.05, 4.69) is 0 Å². The Labute approximate surface area is 123 Å². The topological polar surface area (TPSA) is 70.1 Å². The highest BCUT2D eigenvalue weighted by Crippen LogP contribution is 2.33. The van der Waals surface area contributed by atoms with Gasteiger partial charge in [-0.3, -0.25) is 4.79 Å². The third-order valence-electron chi connectivity index (χ3n) is 3.32. The van der Waals surface area contributed by atoms with E-state index < -0.39 is 6.09 Å². The van der Waals surface area contributed by atoms with Crippen LogP contribution in [0.2, 0.25) is 0 Å². The lowest BCUT2D eigenvalue weighted by atomic mass is 9.85. The number of anilines is 1. The highest BCUT2D eigenvalue weighted by Gasteiger charge is 2.33. The number of morpholine rings is 1. The lowest BCUT2D eigenvalue weighted by Crippen LogP contribution is -2.55. The van der Waals surface area contributed by atoms with Crippen molar-refractivity contribution in [2.24, 2.45) is 0 Å². The summed E-state index contributed by atoms with van der Waals surface area (Å²) in [6.45, 7) is 6.48. The zero-order valence-corrected chi connectivity index (χ0v) is 12.5. The van der Waals surface area contributed by atoms with Crippen molar-refractivity contribution < 1.29 is 19.4 Å². The fourth-order valence-corrected chi connectivity index (χ4v) is 2.35. The van der Waals surface area contributed by atoms with Crippen LogP contribution in [0.15, 0.2) is 24.3 Å². The van der Waals surface area contributed by atoms with E-state index in [9.17, 15) is 14.7 Å². The molecule has 6 heteroatoms. The average Bonchev–Trinajstić information content (AvgIpc) is 2.40. The van der Waals surface area contributed by atoms with Gasteiger partial charge in [-0.1, -0.05) is 39.0 Å². The molecule has 0 radical (unpaired) electrons. The minimum absolute atomic E-state index is 0.0958. The highest BCUT2D eigenvalue weighted by atomic mass is 16.5. The number of amides is 2. The minimum atomic E-state index is -1.18. The van der Waals surface area contributed by atoms with Gasteiger partial charge in [0.05, 0.1) is 18.8 Å². The van der Waals surface area contributed by atoms with E-state index in [1.165, 1.54) is 5.01 Å². The Hall–Kier alpha value is -2.08. The van der Waals surface area contributed by atoms with Crippen LogP contribution < -0.4 is 5.01 Å². The molecular formula is C15H20N2O4. The molecule has 1 heterocycles. The van der Waals surface area contributed by atoms with Gasteiger partial charge in [-0.15, -0.1) is 0 Å². The maximum Gasteiger partial charge on any atom is 0.431 e. The fraction of sp³-hybridized carbons (Fsp3) is 0.467. The summed E-state index contributed by atoms with van der Waals surface area (Å²) in [5, 5.41) is 11.8. The normalized spacial score (nSPS) is 16.0. The van der Waals surface area contributed by atoms with Gasteiger partial charge in [-0.25, -0.2) is 9.80 Å². The van der Waals surface area contributed by atoms with Crippen LogP contribution in [-0.4, -0.2) is 41.9 Å². The molecule has 1 N–H and O–H groups in total. The summed E-state index contributed by atoms with van der Waals surface area (Å²) in [6, 6.07) is 7.24. The molecule has 1 aromatic carbocycles. The lowest BCUT2D eigenvalue weighted by Gasteiger charge is -2.37. The number of carbonyl (C=O) groups excluding carboxylic acids is 1. The summed E-state index contributed by atoms with van der Waals surface area (Å²) in [5.74, 6) is -0.354. The molecule has 0 unspecified atom stereocenters. The van der Waals surface area contributed by atoms with Crippen LogP contribution in [0.4, 0.5) is 10.5 Å². The average molecular weight is 292 g/mol. The number of nitrogens with zero attached hydrogens (tertiary/aromatic N) is 2. The van der Waals surface area contributed by atoms with Crippen molar-refractivity contribution in [2.45, 2.75) is 26.2 Å². The molecule has 1 saturated heterocycles. The molecule has 2 amide bonds. The Morgan fingerprint density at radius 1 is 1.33 bits per heavy atom. The number of carbonyl (C=O) groups is 2. The van der Waals surface area contributed by atoms with Gasteiger partial charge in [0.25, 0.3) is 5.91 Å². The molecule has 0 aliphatic carbocycles. The van der Waals surface area contributed by atoms with Crippen molar-refractivity contribution in [1.82, 2.24) is 5.01 Å². The monoisotopic (exact) mass is 292 g/mol. The molecule has 1 fully saturated rings. The second kappa shape index (κ2) is 5.73. The van der Waals surface area contributed by atoms with Crippen LogP contribution in [0.1, 0.15) is 26.3 Å². The van der Waals surface area contributed by atoms with Crippen LogP contribution in [0, 0.1) is 0 Å². The van der Waals surface area contributed by atoms with Gasteiger partial charge in [0.2, 0.25) is 0 Å². The Balaban J connectivity index is 2.49. The maximum absolute atomic E-state index is 12.0. The molecule has 21 heavy (non-hydrogen) atoms. The number of para-hydroxylation sites is 1. The Morgan fingerprint density at radius 3 is 2.57 bits per heavy atom. The summed E-state index contributed by atoms with van der Waals surface area (Å²) in [7, 11) is 0. The molecule has 114 valence electrons. The van der Waals surface area contributed by atoms with Gasteiger partial charge < -0.3 is 9.84 Å². The summed E-state index contributed by atoms with van der Waals surface area (Å²) in [6.07, 6.45) is -1.18. The second-order valence-corrected chi connectivity index (χ2v) is 5.93. The van der Waals surface area contributed by atoms with Gasteiger partial charge in [0.1, 0.15) is 6.61 Å². The first-order chi connectivity index (χ1) is 9.82. The van der Waals surface area contributed by atoms with E-state index in [0.29, 0.717) is 12.3 Å². The summed E-state index contributed by atoms with van der Waals surface area (Å²) < 4.78 is 5.06. The molecule has 0 saturated carbocycles. The maximum atomic E-state index is 12.0. The van der Waals surface area contributed by atoms with Crippen LogP contribution >= 0.6 is 0 Å². The predicted octanol–water partition coefficient (Wildman–Crippen LogP) is 2.24. The van der Waals surface area contributed by atoms with E-state index in [0.717, 1.165) is 10.6 Å². The first kappa shape index (κ1) is 15.3. The smallest absolute Gasteiger partial charge is 0.431 e. The largest absolute Gasteiger partial charge is 0.463 e. The molecule has 0 aromatic heterocycles. The van der Waals surface area contributed by atoms with Crippen LogP contribution in [-0.2, 0) is 14.9 Å². The number of hydrogen-bond acceptors (Lipinski definition) is 3. The summed E-state index contributed by atoms with van der Waals surface area (Å²) in [5.41, 5.74) is 1.14. The Bertz CT molecular complexity index is 551. The molecule has 0 atom stereocenters. The van der Waals surface area contributed by atoms with Gasteiger partial charge in [-0.05, 0) is 17.0 Å². The summed E-state index contributed by atoms with van der Waals surface area (Å²) >= 11 is 0. The van der Waals surface area contributed by atoms with E-state index in [1.54, 1.807) is 12.1 Å². The van der Waals surface area contributed by atoms with Crippen molar-refractivity contribution >= 4 is 17.7 Å². The van der Waals surface area contributed by atoms with Crippen molar-refractivity contribution in [3.8, 4) is 0 Å². The first-order valence-corrected chi connectivity index (χ1v) is 6.83. The zero-order valence-electron chi connectivity index (χ0n) is 12.5. The van der Waals surface area contributed by atoms with Gasteiger partial charge >= 0.3 is 6.09 Å². The van der Waals surface area contributed by atoms with E-state index in [1.807, 2.05) is 32.9 Å². The van der Waals surface area contributed by atoms with Crippen molar-refractivity contribution in [3.63, 3.8) is 0 Å². The Morgan fingerprint density at radius 2 is 2.00 bits per heavy atom. The number of hydrazine groups is 1. The third kappa shape index (κ3) is 3.16. The van der Waals surface area contributed by atoms with Crippen LogP contribution in [0.5, 0.6) is 0 Å². The SMILES string of the molecule is CC(C)(C)c1ccccc1N(C(=O)O)N1CCOCC1=O. The molecule has 1 aromatic rings. The third-order valence-corrected chi connectivity index (χ3v) is 3.32. The Kier molecular flexibility index (Phi) is 4.18. The number of benzene rings is 1. The molecule has 1 aliphatic rings. The molecule has 0 spiro atoms. The molecule has 0 bridgehead atoms. The van der Waals surface area contributed by atoms with Crippen molar-refractivity contribution in [1.29, 1.82) is 0 Å². The fourth-order valence-electron chi connectivity index (χ4n) is 2.35. The molecule has 1 aliphatic heterocycles. The number of hydrogen-bond donors (Lipinski definition) is 1. The van der Waals surface area contributed by atoms with Gasteiger partial charge in [0, 0.05) is 0 Å². The van der Waals surface area contributed by atoms with Crippen molar-refractivity contribution in [2.75, 3.05) is 24.8 Å². The number of ether oxygens (including phenoxy) is 1. The highest BCUT2D eigenvalue weighted by molar-refractivity contribution is 5.92. The quantitative estimate of drug-likeness (QED) is 0.907. The van der Waals surface area contributed by atoms with Crippen LogP contribution in [0.3, 0.4) is 0 Å². The molecular weight excluding hydrogens is 272 g/mol. The molecule has 2 rings (SSSR count). The number of carboxylic acid groups (broad SMARTS) is 1. The van der Waals surface area contributed by atoms with Gasteiger partial charge in [-0.2, -0.15) is 5.01 Å². The molecule has 6 nitrogen and oxygen atoms in total. The standard InChI is InChI=1S/C15H20N2O4/c1-15(2,3)11-6-4-5-7-12(11)17(14(19)20)16-8-9-21-10-13(16)18/h4-7H,8-10H2,1-3H3,(H,19,20). The second-order valence-electron chi connectivity index (χ2n) is 5.93. The van der Waals surface area contributed by atoms with Gasteiger partial charge in [0.15, 0.2) is 0 Å². The predicted molar refractivity (Wildman–Crippen MR) is 78.2 cm³/mol. The van der Waals surface area contributed by atoms with Crippen LogP contribution in [0.25, 0.3) is 0 Å². The first-order valence-electron chi connectivity index (χ1n) is 6.83. The lowest BCUT2D eigenvalue weighted by molar-refractivity contribution is -0.143.